The Balaban J connectivity index is 1.50. The largest absolute Gasteiger partial charge is 0.454 e. The van der Waals surface area contributed by atoms with Crippen LogP contribution in [0.2, 0.25) is 0 Å². The molecule has 4 rings (SSSR count). The number of hydrogen-bond donors (Lipinski definition) is 2. The van der Waals surface area contributed by atoms with Gasteiger partial charge in [0.15, 0.2) is 17.3 Å². The van der Waals surface area contributed by atoms with Gasteiger partial charge in [0.25, 0.3) is 10.8 Å². The van der Waals surface area contributed by atoms with E-state index in [4.69, 9.17) is 19.6 Å². The van der Waals surface area contributed by atoms with Gasteiger partial charge in [-0.25, -0.2) is 4.79 Å². The summed E-state index contributed by atoms with van der Waals surface area (Å²) in [5.41, 5.74) is 4.87. The third-order valence-electron chi connectivity index (χ3n) is 4.42. The SMILES string of the molecule is CC(C)Cn1c(N)c(C(=O)CSc2nnc(-c3ccc4c(c3)OCO4)o2)c(=O)[nH]c1=O. The van der Waals surface area contributed by atoms with E-state index in [1.54, 1.807) is 18.2 Å². The maximum Gasteiger partial charge on any atom is 0.329 e. The second-order valence-electron chi connectivity index (χ2n) is 7.18. The Bertz CT molecular complexity index is 1260. The molecule has 0 saturated carbocycles. The number of anilines is 1. The lowest BCUT2D eigenvalue weighted by Crippen LogP contribution is -2.37. The number of carbonyl (C=O) groups excluding carboxylic acids is 1. The van der Waals surface area contributed by atoms with Crippen molar-refractivity contribution in [3.8, 4) is 23.0 Å². The van der Waals surface area contributed by atoms with Gasteiger partial charge in [-0.1, -0.05) is 25.6 Å². The van der Waals surface area contributed by atoms with E-state index in [1.165, 1.54) is 4.57 Å². The van der Waals surface area contributed by atoms with Crippen LogP contribution < -0.4 is 26.5 Å². The molecule has 0 bridgehead atoms. The van der Waals surface area contributed by atoms with E-state index >= 15 is 0 Å². The highest BCUT2D eigenvalue weighted by atomic mass is 32.2. The molecule has 1 aliphatic heterocycles. The smallest absolute Gasteiger partial charge is 0.329 e. The summed E-state index contributed by atoms with van der Waals surface area (Å²) in [6, 6.07) is 5.20. The number of Topliss-reactive ketones (excluding diaryl/α,β-unsaturated/α-hetero) is 1. The molecule has 2 aromatic heterocycles. The standard InChI is InChI=1S/C19H19N5O6S/c1-9(2)6-24-15(20)14(16(26)21-18(24)27)11(25)7-31-19-23-22-17(30-19)10-3-4-12-13(5-10)29-8-28-12/h3-5,9H,6-8,20H2,1-2H3,(H,21,26,27). The summed E-state index contributed by atoms with van der Waals surface area (Å²) >= 11 is 0.964. The highest BCUT2D eigenvalue weighted by molar-refractivity contribution is 7.99. The number of thioether (sulfide) groups is 1. The lowest BCUT2D eigenvalue weighted by atomic mass is 10.2. The molecule has 0 spiro atoms. The monoisotopic (exact) mass is 445 g/mol. The van der Waals surface area contributed by atoms with Crippen molar-refractivity contribution in [1.82, 2.24) is 19.7 Å². The number of nitrogens with two attached hydrogens (primary N) is 1. The van der Waals surface area contributed by atoms with Gasteiger partial charge in [-0.3, -0.25) is 19.1 Å². The molecule has 0 saturated heterocycles. The fraction of sp³-hybridized carbons (Fsp3) is 0.316. The van der Waals surface area contributed by atoms with Crippen molar-refractivity contribution in [2.75, 3.05) is 18.3 Å². The fourth-order valence-electron chi connectivity index (χ4n) is 3.02. The number of benzene rings is 1. The molecule has 1 aliphatic rings. The molecule has 1 aromatic carbocycles. The molecular weight excluding hydrogens is 426 g/mol. The van der Waals surface area contributed by atoms with Crippen molar-refractivity contribution in [2.24, 2.45) is 5.92 Å². The number of carbonyl (C=O) groups is 1. The van der Waals surface area contributed by atoms with Gasteiger partial charge in [-0.2, -0.15) is 0 Å². The van der Waals surface area contributed by atoms with E-state index in [2.05, 4.69) is 15.2 Å². The number of fused-ring (bicyclic) bond motifs is 1. The zero-order valence-corrected chi connectivity index (χ0v) is 17.5. The van der Waals surface area contributed by atoms with Crippen molar-refractivity contribution in [2.45, 2.75) is 25.6 Å². The second-order valence-corrected chi connectivity index (χ2v) is 8.10. The first-order valence-corrected chi connectivity index (χ1v) is 10.3. The Morgan fingerprint density at radius 3 is 2.81 bits per heavy atom. The second kappa shape index (κ2) is 8.30. The minimum Gasteiger partial charge on any atom is -0.454 e. The minimum atomic E-state index is -0.820. The van der Waals surface area contributed by atoms with Crippen molar-refractivity contribution >= 4 is 23.4 Å². The van der Waals surface area contributed by atoms with Gasteiger partial charge < -0.3 is 19.6 Å². The molecule has 12 heteroatoms. The summed E-state index contributed by atoms with van der Waals surface area (Å²) in [5.74, 6) is 0.669. The molecule has 0 fully saturated rings. The Hall–Kier alpha value is -3.54. The van der Waals surface area contributed by atoms with Crippen LogP contribution in [-0.4, -0.2) is 38.1 Å². The molecule has 3 heterocycles. The minimum absolute atomic E-state index is 0.0937. The predicted octanol–water partition coefficient (Wildman–Crippen LogP) is 1.53. The number of aromatic amines is 1. The quantitative estimate of drug-likeness (QED) is 0.404. The topological polar surface area (TPSA) is 155 Å². The van der Waals surface area contributed by atoms with Crippen molar-refractivity contribution < 1.29 is 18.7 Å². The molecule has 3 aromatic rings. The van der Waals surface area contributed by atoms with Gasteiger partial charge in [0, 0.05) is 12.1 Å². The van der Waals surface area contributed by atoms with Gasteiger partial charge in [0.1, 0.15) is 11.4 Å². The van der Waals surface area contributed by atoms with Gasteiger partial charge in [0.2, 0.25) is 12.7 Å². The summed E-state index contributed by atoms with van der Waals surface area (Å²) in [5, 5.41) is 8.04. The van der Waals surface area contributed by atoms with Crippen LogP contribution in [0.5, 0.6) is 11.5 Å². The number of nitrogens with zero attached hydrogens (tertiary/aromatic N) is 3. The van der Waals surface area contributed by atoms with Crippen molar-refractivity contribution in [3.63, 3.8) is 0 Å². The third kappa shape index (κ3) is 4.19. The van der Waals surface area contributed by atoms with Crippen LogP contribution in [-0.2, 0) is 6.54 Å². The number of rotatable bonds is 7. The van der Waals surface area contributed by atoms with Crippen LogP contribution in [0.3, 0.4) is 0 Å². The van der Waals surface area contributed by atoms with E-state index in [1.807, 2.05) is 13.8 Å². The fourth-order valence-corrected chi connectivity index (χ4v) is 3.65. The predicted molar refractivity (Wildman–Crippen MR) is 111 cm³/mol. The lowest BCUT2D eigenvalue weighted by molar-refractivity contribution is 0.102. The number of ether oxygens (including phenoxy) is 2. The summed E-state index contributed by atoms with van der Waals surface area (Å²) in [4.78, 5) is 39.0. The summed E-state index contributed by atoms with van der Waals surface area (Å²) in [7, 11) is 0. The van der Waals surface area contributed by atoms with Gasteiger partial charge in [-0.15, -0.1) is 10.2 Å². The van der Waals surface area contributed by atoms with Crippen molar-refractivity contribution in [3.05, 3.63) is 44.6 Å². The molecule has 0 aliphatic carbocycles. The number of aromatic nitrogens is 4. The summed E-state index contributed by atoms with van der Waals surface area (Å²) < 4.78 is 17.4. The van der Waals surface area contributed by atoms with E-state index in [-0.39, 0.29) is 47.5 Å². The molecule has 0 unspecified atom stereocenters. The van der Waals surface area contributed by atoms with Crippen LogP contribution in [0, 0.1) is 5.92 Å². The molecule has 0 atom stereocenters. The first-order chi connectivity index (χ1) is 14.8. The average Bonchev–Trinajstić information content (AvgIpc) is 3.38. The molecule has 3 N–H and O–H groups in total. The normalized spacial score (nSPS) is 12.5. The first-order valence-electron chi connectivity index (χ1n) is 9.35. The van der Waals surface area contributed by atoms with E-state index in [9.17, 15) is 14.4 Å². The molecule has 11 nitrogen and oxygen atoms in total. The zero-order valence-electron chi connectivity index (χ0n) is 16.7. The first kappa shape index (κ1) is 20.7. The maximum atomic E-state index is 12.7. The average molecular weight is 445 g/mol. The van der Waals surface area contributed by atoms with Gasteiger partial charge in [0.05, 0.1) is 5.75 Å². The Morgan fingerprint density at radius 1 is 1.26 bits per heavy atom. The molecule has 31 heavy (non-hydrogen) atoms. The van der Waals surface area contributed by atoms with Crippen LogP contribution >= 0.6 is 11.8 Å². The molecule has 0 amide bonds. The number of ketones is 1. The highest BCUT2D eigenvalue weighted by Crippen LogP contribution is 2.36. The van der Waals surface area contributed by atoms with Gasteiger partial charge in [-0.05, 0) is 24.1 Å². The van der Waals surface area contributed by atoms with Crippen LogP contribution in [0.25, 0.3) is 11.5 Å². The van der Waals surface area contributed by atoms with Gasteiger partial charge >= 0.3 is 5.69 Å². The zero-order chi connectivity index (χ0) is 22.1. The maximum absolute atomic E-state index is 12.7. The molecule has 162 valence electrons. The Labute approximate surface area is 179 Å². The Morgan fingerprint density at radius 2 is 2.03 bits per heavy atom. The van der Waals surface area contributed by atoms with Crippen LogP contribution in [0.15, 0.2) is 37.4 Å². The van der Waals surface area contributed by atoms with E-state index in [0.29, 0.717) is 17.1 Å². The van der Waals surface area contributed by atoms with Crippen LogP contribution in [0.1, 0.15) is 24.2 Å². The lowest BCUT2D eigenvalue weighted by Gasteiger charge is -2.13. The Kier molecular flexibility index (Phi) is 5.55. The number of H-pyrrole nitrogens is 1. The summed E-state index contributed by atoms with van der Waals surface area (Å²) in [6.07, 6.45) is 0. The van der Waals surface area contributed by atoms with Crippen LogP contribution in [0.4, 0.5) is 5.82 Å². The number of nitrogen functional groups attached to an aromatic ring is 1. The van der Waals surface area contributed by atoms with E-state index in [0.717, 1.165) is 11.8 Å². The number of hydrogen-bond acceptors (Lipinski definition) is 10. The molecular formula is C19H19N5O6S. The third-order valence-corrected chi connectivity index (χ3v) is 5.24. The highest BCUT2D eigenvalue weighted by Gasteiger charge is 2.22. The molecule has 0 radical (unpaired) electrons. The van der Waals surface area contributed by atoms with Crippen molar-refractivity contribution in [1.29, 1.82) is 0 Å². The summed E-state index contributed by atoms with van der Waals surface area (Å²) in [6.45, 7) is 4.21. The van der Waals surface area contributed by atoms with E-state index < -0.39 is 17.0 Å². The number of nitrogens with one attached hydrogen (secondary N) is 1.